The van der Waals surface area contributed by atoms with E-state index in [1.807, 2.05) is 6.92 Å². The van der Waals surface area contributed by atoms with Gasteiger partial charge in [0.15, 0.2) is 5.75 Å². The van der Waals surface area contributed by atoms with Crippen molar-refractivity contribution in [3.05, 3.63) is 22.7 Å². The van der Waals surface area contributed by atoms with Crippen molar-refractivity contribution in [2.24, 2.45) is 0 Å². The van der Waals surface area contributed by atoms with Gasteiger partial charge in [0, 0.05) is 32.2 Å². The highest BCUT2D eigenvalue weighted by Gasteiger charge is 2.26. The number of carbonyl (C=O) groups excluding carboxylic acids is 1. The Kier molecular flexibility index (Phi) is 9.61. The fourth-order valence-corrected chi connectivity index (χ4v) is 3.44. The third-order valence-electron chi connectivity index (χ3n) is 2.99. The molecule has 1 aromatic rings. The SMILES string of the molecule is CCNCCNS(=O)(=O)c1cc(Cl)cc(C(=O)N(C)C)c1OC.Cl. The molecule has 0 spiro atoms. The molecule has 0 aromatic heterocycles. The third kappa shape index (κ3) is 5.78. The van der Waals surface area contributed by atoms with E-state index in [2.05, 4.69) is 10.0 Å². The molecule has 0 aliphatic heterocycles. The minimum absolute atomic E-state index is 0. The smallest absolute Gasteiger partial charge is 0.257 e. The number of rotatable bonds is 8. The van der Waals surface area contributed by atoms with Crippen LogP contribution in [0.1, 0.15) is 17.3 Å². The number of hydrogen-bond acceptors (Lipinski definition) is 5. The summed E-state index contributed by atoms with van der Waals surface area (Å²) >= 11 is 5.99. The number of likely N-dealkylation sites (N-methyl/N-ethyl adjacent to an activating group) is 1. The van der Waals surface area contributed by atoms with E-state index >= 15 is 0 Å². The Hall–Kier alpha value is -1.06. The van der Waals surface area contributed by atoms with Crippen LogP contribution in [-0.2, 0) is 10.0 Å². The van der Waals surface area contributed by atoms with Crippen molar-refractivity contribution in [1.82, 2.24) is 14.9 Å². The van der Waals surface area contributed by atoms with Gasteiger partial charge in [0.1, 0.15) is 4.90 Å². The molecule has 1 amide bonds. The molecule has 2 N–H and O–H groups in total. The fraction of sp³-hybridized carbons (Fsp3) is 0.500. The average Bonchev–Trinajstić information content (AvgIpc) is 2.49. The molecule has 1 aromatic carbocycles. The second kappa shape index (κ2) is 10.0. The van der Waals surface area contributed by atoms with Gasteiger partial charge < -0.3 is 15.0 Å². The lowest BCUT2D eigenvalue weighted by molar-refractivity contribution is 0.0824. The van der Waals surface area contributed by atoms with Crippen LogP contribution >= 0.6 is 24.0 Å². The van der Waals surface area contributed by atoms with Gasteiger partial charge in [0.2, 0.25) is 10.0 Å². The fourth-order valence-electron chi connectivity index (χ4n) is 1.91. The van der Waals surface area contributed by atoms with E-state index in [-0.39, 0.29) is 40.2 Å². The quantitative estimate of drug-likeness (QED) is 0.644. The van der Waals surface area contributed by atoms with Crippen LogP contribution in [-0.4, -0.2) is 60.1 Å². The summed E-state index contributed by atoms with van der Waals surface area (Å²) in [7, 11) is 0.577. The number of benzene rings is 1. The predicted octanol–water partition coefficient (Wildman–Crippen LogP) is 1.36. The summed E-state index contributed by atoms with van der Waals surface area (Å²) in [6, 6.07) is 2.66. The van der Waals surface area contributed by atoms with Gasteiger partial charge in [0.05, 0.1) is 12.7 Å². The molecule has 0 saturated carbocycles. The lowest BCUT2D eigenvalue weighted by Crippen LogP contribution is -2.32. The van der Waals surface area contributed by atoms with E-state index in [9.17, 15) is 13.2 Å². The number of sulfonamides is 1. The molecule has 138 valence electrons. The van der Waals surface area contributed by atoms with Crippen LogP contribution in [0, 0.1) is 0 Å². The number of nitrogens with one attached hydrogen (secondary N) is 2. The van der Waals surface area contributed by atoms with Crippen LogP contribution in [0.25, 0.3) is 0 Å². The molecule has 0 bridgehead atoms. The van der Waals surface area contributed by atoms with E-state index in [0.29, 0.717) is 6.54 Å². The van der Waals surface area contributed by atoms with Crippen molar-refractivity contribution >= 4 is 39.9 Å². The summed E-state index contributed by atoms with van der Waals surface area (Å²) in [4.78, 5) is 13.4. The maximum absolute atomic E-state index is 12.5. The first kappa shape index (κ1) is 22.9. The van der Waals surface area contributed by atoms with Gasteiger partial charge in [-0.3, -0.25) is 4.79 Å². The molecule has 0 aliphatic carbocycles. The number of hydrogen-bond donors (Lipinski definition) is 2. The first-order valence-electron chi connectivity index (χ1n) is 7.04. The molecule has 1 rings (SSSR count). The lowest BCUT2D eigenvalue weighted by Gasteiger charge is -2.17. The molecular formula is C14H23Cl2N3O4S. The zero-order valence-electron chi connectivity index (χ0n) is 14.1. The first-order valence-corrected chi connectivity index (χ1v) is 8.90. The summed E-state index contributed by atoms with van der Waals surface area (Å²) in [5.41, 5.74) is 0.0945. The van der Waals surface area contributed by atoms with Crippen molar-refractivity contribution in [2.45, 2.75) is 11.8 Å². The largest absolute Gasteiger partial charge is 0.494 e. The number of amides is 1. The number of carbonyl (C=O) groups is 1. The molecule has 24 heavy (non-hydrogen) atoms. The number of ether oxygens (including phenoxy) is 1. The lowest BCUT2D eigenvalue weighted by atomic mass is 10.2. The van der Waals surface area contributed by atoms with Crippen molar-refractivity contribution in [3.63, 3.8) is 0 Å². The maximum Gasteiger partial charge on any atom is 0.257 e. The van der Waals surface area contributed by atoms with E-state index < -0.39 is 15.9 Å². The predicted molar refractivity (Wildman–Crippen MR) is 97.0 cm³/mol. The van der Waals surface area contributed by atoms with Crippen LogP contribution in [0.3, 0.4) is 0 Å². The normalized spacial score (nSPS) is 10.9. The monoisotopic (exact) mass is 399 g/mol. The topological polar surface area (TPSA) is 87.7 Å². The number of nitrogens with zero attached hydrogens (tertiary/aromatic N) is 1. The van der Waals surface area contributed by atoms with Crippen molar-refractivity contribution in [3.8, 4) is 5.75 Å². The van der Waals surface area contributed by atoms with Gasteiger partial charge >= 0.3 is 0 Å². The highest BCUT2D eigenvalue weighted by Crippen LogP contribution is 2.32. The highest BCUT2D eigenvalue weighted by molar-refractivity contribution is 7.89. The van der Waals surface area contributed by atoms with Crippen molar-refractivity contribution in [2.75, 3.05) is 40.8 Å². The Morgan fingerprint density at radius 1 is 1.29 bits per heavy atom. The van der Waals surface area contributed by atoms with Crippen molar-refractivity contribution in [1.29, 1.82) is 0 Å². The van der Waals surface area contributed by atoms with E-state index in [1.165, 1.54) is 24.1 Å². The number of methoxy groups -OCH3 is 1. The summed E-state index contributed by atoms with van der Waals surface area (Å²) < 4.78 is 32.6. The highest BCUT2D eigenvalue weighted by atomic mass is 35.5. The Bertz CT molecular complexity index is 666. The van der Waals surface area contributed by atoms with Crippen LogP contribution in [0.2, 0.25) is 5.02 Å². The standard InChI is InChI=1S/C14H22ClN3O4S.ClH/c1-5-16-6-7-17-23(20,21)12-9-10(15)8-11(13(12)22-4)14(19)18(2)3;/h8-9,16-17H,5-7H2,1-4H3;1H. The molecule has 7 nitrogen and oxygen atoms in total. The minimum atomic E-state index is -3.86. The Balaban J connectivity index is 0.00000529. The van der Waals surface area contributed by atoms with Crippen LogP contribution < -0.4 is 14.8 Å². The summed E-state index contributed by atoms with van der Waals surface area (Å²) in [5, 5.41) is 3.15. The molecule has 0 atom stereocenters. The van der Waals surface area contributed by atoms with Crippen LogP contribution in [0.5, 0.6) is 5.75 Å². The van der Waals surface area contributed by atoms with E-state index in [1.54, 1.807) is 14.1 Å². The van der Waals surface area contributed by atoms with Crippen LogP contribution in [0.4, 0.5) is 0 Å². The zero-order valence-corrected chi connectivity index (χ0v) is 16.4. The Morgan fingerprint density at radius 2 is 1.92 bits per heavy atom. The minimum Gasteiger partial charge on any atom is -0.494 e. The molecule has 0 aliphatic rings. The third-order valence-corrected chi connectivity index (χ3v) is 4.68. The maximum atomic E-state index is 12.5. The molecule has 0 heterocycles. The molecule has 0 unspecified atom stereocenters. The molecule has 0 fully saturated rings. The van der Waals surface area contributed by atoms with Crippen LogP contribution in [0.15, 0.2) is 17.0 Å². The molecule has 10 heteroatoms. The van der Waals surface area contributed by atoms with Gasteiger partial charge in [-0.15, -0.1) is 12.4 Å². The Labute approximate surface area is 154 Å². The Morgan fingerprint density at radius 3 is 2.42 bits per heavy atom. The molecule has 0 saturated heterocycles. The molecule has 0 radical (unpaired) electrons. The van der Waals surface area contributed by atoms with Gasteiger partial charge in [-0.1, -0.05) is 18.5 Å². The summed E-state index contributed by atoms with van der Waals surface area (Å²) in [6.07, 6.45) is 0. The molecular weight excluding hydrogens is 377 g/mol. The first-order chi connectivity index (χ1) is 10.7. The average molecular weight is 400 g/mol. The second-order valence-electron chi connectivity index (χ2n) is 4.94. The van der Waals surface area contributed by atoms with Gasteiger partial charge in [0.25, 0.3) is 5.91 Å². The van der Waals surface area contributed by atoms with E-state index in [0.717, 1.165) is 6.54 Å². The number of halogens is 2. The van der Waals surface area contributed by atoms with Gasteiger partial charge in [-0.25, -0.2) is 13.1 Å². The second-order valence-corrected chi connectivity index (χ2v) is 7.11. The van der Waals surface area contributed by atoms with E-state index in [4.69, 9.17) is 16.3 Å². The van der Waals surface area contributed by atoms with Crippen molar-refractivity contribution < 1.29 is 17.9 Å². The zero-order chi connectivity index (χ0) is 17.6. The van der Waals surface area contributed by atoms with Gasteiger partial charge in [-0.2, -0.15) is 0 Å². The summed E-state index contributed by atoms with van der Waals surface area (Å²) in [5.74, 6) is -0.419. The summed E-state index contributed by atoms with van der Waals surface area (Å²) in [6.45, 7) is 3.36. The van der Waals surface area contributed by atoms with Gasteiger partial charge in [-0.05, 0) is 18.7 Å².